The van der Waals surface area contributed by atoms with Crippen molar-refractivity contribution in [1.29, 1.82) is 0 Å². The van der Waals surface area contributed by atoms with E-state index in [1.54, 1.807) is 25.1 Å². The van der Waals surface area contributed by atoms with Crippen molar-refractivity contribution in [3.05, 3.63) is 45.6 Å². The Balaban J connectivity index is 2.19. The lowest BCUT2D eigenvalue weighted by molar-refractivity contribution is 0.568. The highest BCUT2D eigenvalue weighted by molar-refractivity contribution is 7.89. The molecule has 0 amide bonds. The van der Waals surface area contributed by atoms with Crippen LogP contribution < -0.4 is 10.5 Å². The van der Waals surface area contributed by atoms with Crippen molar-refractivity contribution in [1.82, 2.24) is 4.72 Å². The predicted octanol–water partition coefficient (Wildman–Crippen LogP) is 3.02. The molecule has 1 unspecified atom stereocenters. The molecule has 102 valence electrons. The minimum Gasteiger partial charge on any atom is -0.399 e. The molecule has 0 spiro atoms. The second-order valence-corrected chi connectivity index (χ2v) is 7.51. The van der Waals surface area contributed by atoms with Crippen molar-refractivity contribution in [2.24, 2.45) is 0 Å². The van der Waals surface area contributed by atoms with Gasteiger partial charge in [0, 0.05) is 10.6 Å². The third kappa shape index (κ3) is 3.48. The maximum atomic E-state index is 12.2. The van der Waals surface area contributed by atoms with Crippen LogP contribution in [0, 0.1) is 0 Å². The molecule has 0 radical (unpaired) electrons. The molecule has 0 saturated carbocycles. The summed E-state index contributed by atoms with van der Waals surface area (Å²) in [6.45, 7) is 1.77. The summed E-state index contributed by atoms with van der Waals surface area (Å²) in [5, 5.41) is 0. The van der Waals surface area contributed by atoms with Crippen molar-refractivity contribution in [3.63, 3.8) is 0 Å². The molecule has 0 saturated heterocycles. The van der Waals surface area contributed by atoms with Crippen molar-refractivity contribution in [2.45, 2.75) is 17.9 Å². The molecule has 2 rings (SSSR count). The zero-order valence-corrected chi connectivity index (χ0v) is 12.5. The predicted molar refractivity (Wildman–Crippen MR) is 78.9 cm³/mol. The van der Waals surface area contributed by atoms with E-state index in [4.69, 9.17) is 17.3 Å². The maximum absolute atomic E-state index is 12.2. The maximum Gasteiger partial charge on any atom is 0.241 e. The number of benzene rings is 1. The number of anilines is 1. The van der Waals surface area contributed by atoms with E-state index in [-0.39, 0.29) is 10.9 Å². The van der Waals surface area contributed by atoms with Crippen LogP contribution in [-0.4, -0.2) is 8.42 Å². The second-order valence-electron chi connectivity index (χ2n) is 4.05. The SMILES string of the molecule is CC(NS(=O)(=O)c1ccc(N)cc1)c1ccc(Cl)s1. The van der Waals surface area contributed by atoms with Gasteiger partial charge in [-0.2, -0.15) is 0 Å². The fraction of sp³-hybridized carbons (Fsp3) is 0.167. The number of nitrogen functional groups attached to an aromatic ring is 1. The van der Waals surface area contributed by atoms with Crippen LogP contribution in [0.1, 0.15) is 17.8 Å². The molecule has 1 aromatic carbocycles. The monoisotopic (exact) mass is 316 g/mol. The molecule has 0 aliphatic rings. The Labute approximate surface area is 121 Å². The Hall–Kier alpha value is -1.08. The first-order chi connectivity index (χ1) is 8.88. The summed E-state index contributed by atoms with van der Waals surface area (Å²) in [6, 6.07) is 9.29. The van der Waals surface area contributed by atoms with Gasteiger partial charge < -0.3 is 5.73 Å². The Bertz CT molecular complexity index is 665. The van der Waals surface area contributed by atoms with E-state index in [0.29, 0.717) is 10.0 Å². The largest absolute Gasteiger partial charge is 0.399 e. The molecule has 0 fully saturated rings. The van der Waals surface area contributed by atoms with Crippen LogP contribution in [-0.2, 0) is 10.0 Å². The zero-order chi connectivity index (χ0) is 14.0. The van der Waals surface area contributed by atoms with Crippen molar-refractivity contribution < 1.29 is 8.42 Å². The summed E-state index contributed by atoms with van der Waals surface area (Å²) in [4.78, 5) is 1.06. The van der Waals surface area contributed by atoms with Crippen LogP contribution in [0.3, 0.4) is 0 Å². The molecule has 1 heterocycles. The Morgan fingerprint density at radius 3 is 2.37 bits per heavy atom. The second kappa shape index (κ2) is 5.50. The third-order valence-electron chi connectivity index (χ3n) is 2.54. The summed E-state index contributed by atoms with van der Waals surface area (Å²) in [6.07, 6.45) is 0. The lowest BCUT2D eigenvalue weighted by Gasteiger charge is -2.12. The molecule has 1 aromatic heterocycles. The van der Waals surface area contributed by atoms with E-state index in [0.717, 1.165) is 4.88 Å². The molecule has 1 atom stereocenters. The highest BCUT2D eigenvalue weighted by atomic mass is 35.5. The molecule has 0 aliphatic carbocycles. The fourth-order valence-electron chi connectivity index (χ4n) is 1.57. The minimum atomic E-state index is -3.56. The first-order valence-corrected chi connectivity index (χ1v) is 8.19. The normalized spacial score (nSPS) is 13.4. The molecular formula is C12H13ClN2O2S2. The average molecular weight is 317 g/mol. The van der Waals surface area contributed by atoms with Gasteiger partial charge in [0.1, 0.15) is 0 Å². The topological polar surface area (TPSA) is 72.2 Å². The van der Waals surface area contributed by atoms with E-state index in [9.17, 15) is 8.42 Å². The van der Waals surface area contributed by atoms with Gasteiger partial charge in [-0.05, 0) is 43.3 Å². The van der Waals surface area contributed by atoms with Gasteiger partial charge in [0.2, 0.25) is 10.0 Å². The van der Waals surface area contributed by atoms with E-state index in [2.05, 4.69) is 4.72 Å². The van der Waals surface area contributed by atoms with Gasteiger partial charge in [0.05, 0.1) is 15.3 Å². The number of rotatable bonds is 4. The van der Waals surface area contributed by atoms with Gasteiger partial charge in [-0.15, -0.1) is 11.3 Å². The average Bonchev–Trinajstić information content (AvgIpc) is 2.76. The third-order valence-corrected chi connectivity index (χ3v) is 5.51. The van der Waals surface area contributed by atoms with Crippen LogP contribution in [0.2, 0.25) is 4.34 Å². The molecule has 3 N–H and O–H groups in total. The molecule has 0 aliphatic heterocycles. The van der Waals surface area contributed by atoms with Crippen molar-refractivity contribution >= 4 is 38.6 Å². The van der Waals surface area contributed by atoms with Gasteiger partial charge in [0.15, 0.2) is 0 Å². The smallest absolute Gasteiger partial charge is 0.241 e. The number of hydrogen-bond donors (Lipinski definition) is 2. The van der Waals surface area contributed by atoms with E-state index >= 15 is 0 Å². The lowest BCUT2D eigenvalue weighted by Crippen LogP contribution is -2.26. The molecule has 2 aromatic rings. The number of hydrogen-bond acceptors (Lipinski definition) is 4. The van der Waals surface area contributed by atoms with Gasteiger partial charge in [-0.3, -0.25) is 0 Å². The summed E-state index contributed by atoms with van der Waals surface area (Å²) in [7, 11) is -3.56. The lowest BCUT2D eigenvalue weighted by atomic mass is 10.3. The van der Waals surface area contributed by atoms with Crippen LogP contribution in [0.25, 0.3) is 0 Å². The van der Waals surface area contributed by atoms with Gasteiger partial charge in [-0.25, -0.2) is 13.1 Å². The number of halogens is 1. The standard InChI is InChI=1S/C12H13ClN2O2S2/c1-8(11-6-7-12(13)18-11)15-19(16,17)10-4-2-9(14)3-5-10/h2-8,15H,14H2,1H3. The van der Waals surface area contributed by atoms with Crippen molar-refractivity contribution in [2.75, 3.05) is 5.73 Å². The van der Waals surface area contributed by atoms with Crippen LogP contribution in [0.4, 0.5) is 5.69 Å². The van der Waals surface area contributed by atoms with E-state index in [1.807, 2.05) is 6.07 Å². The fourth-order valence-corrected chi connectivity index (χ4v) is 3.93. The highest BCUT2D eigenvalue weighted by Crippen LogP contribution is 2.27. The summed E-state index contributed by atoms with van der Waals surface area (Å²) < 4.78 is 27.5. The van der Waals surface area contributed by atoms with Crippen LogP contribution >= 0.6 is 22.9 Å². The van der Waals surface area contributed by atoms with Gasteiger partial charge in [-0.1, -0.05) is 11.6 Å². The van der Waals surface area contributed by atoms with Crippen molar-refractivity contribution in [3.8, 4) is 0 Å². The molecule has 7 heteroatoms. The minimum absolute atomic E-state index is 0.191. The van der Waals surface area contributed by atoms with Crippen LogP contribution in [0.5, 0.6) is 0 Å². The first-order valence-electron chi connectivity index (χ1n) is 5.51. The Kier molecular flexibility index (Phi) is 4.15. The Morgan fingerprint density at radius 2 is 1.84 bits per heavy atom. The molecule has 19 heavy (non-hydrogen) atoms. The van der Waals surface area contributed by atoms with Gasteiger partial charge >= 0.3 is 0 Å². The number of nitrogens with two attached hydrogens (primary N) is 1. The summed E-state index contributed by atoms with van der Waals surface area (Å²) in [5.74, 6) is 0. The number of sulfonamides is 1. The van der Waals surface area contributed by atoms with Crippen LogP contribution in [0.15, 0.2) is 41.3 Å². The first kappa shape index (κ1) is 14.3. The van der Waals surface area contributed by atoms with E-state index in [1.165, 1.54) is 23.5 Å². The van der Waals surface area contributed by atoms with Gasteiger partial charge in [0.25, 0.3) is 0 Å². The molecule has 4 nitrogen and oxygen atoms in total. The van der Waals surface area contributed by atoms with E-state index < -0.39 is 10.0 Å². The quantitative estimate of drug-likeness (QED) is 0.852. The Morgan fingerprint density at radius 1 is 1.21 bits per heavy atom. The highest BCUT2D eigenvalue weighted by Gasteiger charge is 2.19. The molecular weight excluding hydrogens is 304 g/mol. The number of nitrogens with one attached hydrogen (secondary N) is 1. The number of thiophene rings is 1. The summed E-state index contributed by atoms with van der Waals surface area (Å²) in [5.41, 5.74) is 6.06. The summed E-state index contributed by atoms with van der Waals surface area (Å²) >= 11 is 7.19. The molecule has 0 bridgehead atoms. The zero-order valence-electron chi connectivity index (χ0n) is 10.1.